The summed E-state index contributed by atoms with van der Waals surface area (Å²) < 4.78 is 15.8. The summed E-state index contributed by atoms with van der Waals surface area (Å²) in [6.07, 6.45) is 5.17. The van der Waals surface area contributed by atoms with Crippen molar-refractivity contribution in [3.8, 4) is 0 Å². The number of imidazole rings is 1. The second-order valence-electron chi connectivity index (χ2n) is 6.21. The Hall–Kier alpha value is -2.80. The predicted molar refractivity (Wildman–Crippen MR) is 102 cm³/mol. The van der Waals surface area contributed by atoms with Gasteiger partial charge in [0.15, 0.2) is 0 Å². The van der Waals surface area contributed by atoms with Gasteiger partial charge in [-0.05, 0) is 37.1 Å². The van der Waals surface area contributed by atoms with Crippen LogP contribution in [0.1, 0.15) is 27.9 Å². The highest BCUT2D eigenvalue weighted by Crippen LogP contribution is 2.35. The lowest BCUT2D eigenvalue weighted by Crippen LogP contribution is -2.18. The minimum Gasteiger partial charge on any atom is -0.356 e. The van der Waals surface area contributed by atoms with Crippen LogP contribution in [0.3, 0.4) is 0 Å². The topological polar surface area (TPSA) is 55.6 Å². The molecule has 1 aromatic carbocycles. The van der Waals surface area contributed by atoms with Crippen molar-refractivity contribution in [1.82, 2.24) is 19.5 Å². The molecule has 0 bridgehead atoms. The summed E-state index contributed by atoms with van der Waals surface area (Å²) in [5, 5.41) is 4.47. The van der Waals surface area contributed by atoms with E-state index in [0.717, 1.165) is 33.0 Å². The van der Waals surface area contributed by atoms with E-state index in [4.69, 9.17) is 0 Å². The van der Waals surface area contributed by atoms with Crippen molar-refractivity contribution in [3.05, 3.63) is 70.6 Å². The first-order chi connectivity index (χ1) is 12.5. The van der Waals surface area contributed by atoms with Gasteiger partial charge in [-0.1, -0.05) is 12.1 Å². The lowest BCUT2D eigenvalue weighted by molar-refractivity contribution is 0.622. The zero-order valence-electron chi connectivity index (χ0n) is 14.7. The molecule has 0 aliphatic carbocycles. The van der Waals surface area contributed by atoms with Crippen LogP contribution in [0.2, 0.25) is 0 Å². The number of halogens is 1. The average molecular weight is 367 g/mol. The fraction of sp³-hybridized carbons (Fsp3) is 0.211. The van der Waals surface area contributed by atoms with Crippen LogP contribution in [0.15, 0.2) is 43.0 Å². The molecular weight excluding hydrogens is 349 g/mol. The molecule has 5 nitrogen and oxygen atoms in total. The summed E-state index contributed by atoms with van der Waals surface area (Å²) in [5.41, 5.74) is 1.95. The molecule has 0 amide bonds. The number of hydrogen-bond acceptors (Lipinski definition) is 5. The zero-order chi connectivity index (χ0) is 18.3. The van der Waals surface area contributed by atoms with Crippen molar-refractivity contribution in [2.75, 3.05) is 5.32 Å². The molecule has 3 heterocycles. The van der Waals surface area contributed by atoms with Crippen molar-refractivity contribution < 1.29 is 4.39 Å². The molecule has 0 fully saturated rings. The second-order valence-corrected chi connectivity index (χ2v) is 7.42. The summed E-state index contributed by atoms with van der Waals surface area (Å²) in [6, 6.07) is 6.23. The lowest BCUT2D eigenvalue weighted by atomic mass is 10.1. The summed E-state index contributed by atoms with van der Waals surface area (Å²) in [5.74, 6) is 1.24. The number of aryl methyl sites for hydroxylation is 3. The van der Waals surface area contributed by atoms with Crippen LogP contribution in [-0.2, 0) is 7.05 Å². The first-order valence-electron chi connectivity index (χ1n) is 8.24. The highest BCUT2D eigenvalue weighted by atomic mass is 32.1. The Morgan fingerprint density at radius 3 is 2.77 bits per heavy atom. The van der Waals surface area contributed by atoms with Crippen LogP contribution >= 0.6 is 11.3 Å². The molecule has 26 heavy (non-hydrogen) atoms. The van der Waals surface area contributed by atoms with Gasteiger partial charge in [-0.15, -0.1) is 11.3 Å². The van der Waals surface area contributed by atoms with Gasteiger partial charge in [-0.25, -0.2) is 19.3 Å². The maximum atomic E-state index is 13.8. The maximum absolute atomic E-state index is 13.8. The molecule has 1 N–H and O–H groups in total. The molecule has 0 aliphatic heterocycles. The standard InChI is InChI=1S/C19H18FN5S/c1-11-12(2)26-19-15(11)17(22-10-23-19)24-16(18-21-7-8-25(18)3)13-5-4-6-14(20)9-13/h4-10,16H,1-3H3,(H,22,23,24). The zero-order valence-corrected chi connectivity index (χ0v) is 15.5. The van der Waals surface area contributed by atoms with E-state index in [1.54, 1.807) is 29.9 Å². The summed E-state index contributed by atoms with van der Waals surface area (Å²) >= 11 is 1.65. The van der Waals surface area contributed by atoms with E-state index in [0.29, 0.717) is 0 Å². The minimum atomic E-state index is -0.330. The van der Waals surface area contributed by atoms with Crippen LogP contribution in [0.5, 0.6) is 0 Å². The molecule has 7 heteroatoms. The summed E-state index contributed by atoms with van der Waals surface area (Å²) in [7, 11) is 1.92. The van der Waals surface area contributed by atoms with E-state index in [9.17, 15) is 4.39 Å². The molecule has 1 atom stereocenters. The number of nitrogens with zero attached hydrogens (tertiary/aromatic N) is 4. The molecule has 0 saturated heterocycles. The molecule has 1 unspecified atom stereocenters. The van der Waals surface area contributed by atoms with Crippen molar-refractivity contribution >= 4 is 27.4 Å². The van der Waals surface area contributed by atoms with Gasteiger partial charge in [0.2, 0.25) is 0 Å². The summed E-state index contributed by atoms with van der Waals surface area (Å²) in [4.78, 5) is 15.5. The second kappa shape index (κ2) is 6.49. The average Bonchev–Trinajstić information content (AvgIpc) is 3.17. The third-order valence-electron chi connectivity index (χ3n) is 4.55. The van der Waals surface area contributed by atoms with E-state index in [2.05, 4.69) is 34.1 Å². The Kier molecular flexibility index (Phi) is 4.16. The lowest BCUT2D eigenvalue weighted by Gasteiger charge is -2.20. The van der Waals surface area contributed by atoms with Crippen molar-refractivity contribution in [2.45, 2.75) is 19.9 Å². The predicted octanol–water partition coefficient (Wildman–Crippen LogP) is 4.38. The molecule has 0 spiro atoms. The number of thiophene rings is 1. The molecular formula is C19H18FN5S. The number of benzene rings is 1. The third kappa shape index (κ3) is 2.84. The quantitative estimate of drug-likeness (QED) is 0.581. The van der Waals surface area contributed by atoms with Crippen LogP contribution < -0.4 is 5.32 Å². The monoisotopic (exact) mass is 367 g/mol. The van der Waals surface area contributed by atoms with Crippen LogP contribution in [0.25, 0.3) is 10.2 Å². The molecule has 4 rings (SSSR count). The molecule has 0 saturated carbocycles. The fourth-order valence-corrected chi connectivity index (χ4v) is 4.06. The Bertz CT molecular complexity index is 1080. The molecule has 132 valence electrons. The van der Waals surface area contributed by atoms with Gasteiger partial charge in [-0.2, -0.15) is 0 Å². The largest absolute Gasteiger partial charge is 0.356 e. The number of rotatable bonds is 4. The van der Waals surface area contributed by atoms with E-state index in [1.165, 1.54) is 17.0 Å². The summed E-state index contributed by atoms with van der Waals surface area (Å²) in [6.45, 7) is 4.15. The number of anilines is 1. The van der Waals surface area contributed by atoms with Gasteiger partial charge in [0.1, 0.15) is 34.7 Å². The Labute approximate surface area is 154 Å². The molecule has 3 aromatic heterocycles. The number of nitrogens with one attached hydrogen (secondary N) is 1. The smallest absolute Gasteiger partial charge is 0.139 e. The van der Waals surface area contributed by atoms with Crippen LogP contribution in [-0.4, -0.2) is 19.5 Å². The first-order valence-corrected chi connectivity index (χ1v) is 9.06. The van der Waals surface area contributed by atoms with Gasteiger partial charge in [0.25, 0.3) is 0 Å². The number of hydrogen-bond donors (Lipinski definition) is 1. The van der Waals surface area contributed by atoms with Crippen LogP contribution in [0, 0.1) is 19.7 Å². The fourth-order valence-electron chi connectivity index (χ4n) is 3.07. The van der Waals surface area contributed by atoms with Gasteiger partial charge < -0.3 is 9.88 Å². The highest BCUT2D eigenvalue weighted by molar-refractivity contribution is 7.18. The Morgan fingerprint density at radius 2 is 2.04 bits per heavy atom. The number of aromatic nitrogens is 4. The molecule has 0 aliphatic rings. The first kappa shape index (κ1) is 16.7. The highest BCUT2D eigenvalue weighted by Gasteiger charge is 2.22. The normalized spacial score (nSPS) is 12.5. The minimum absolute atomic E-state index is 0.279. The van der Waals surface area contributed by atoms with E-state index in [-0.39, 0.29) is 11.9 Å². The van der Waals surface area contributed by atoms with Gasteiger partial charge in [0, 0.05) is 24.3 Å². The van der Waals surface area contributed by atoms with E-state index >= 15 is 0 Å². The van der Waals surface area contributed by atoms with Crippen molar-refractivity contribution in [1.29, 1.82) is 0 Å². The van der Waals surface area contributed by atoms with Gasteiger partial charge in [0.05, 0.1) is 5.39 Å². The van der Waals surface area contributed by atoms with Crippen molar-refractivity contribution in [3.63, 3.8) is 0 Å². The van der Waals surface area contributed by atoms with E-state index in [1.807, 2.05) is 23.9 Å². The Balaban J connectivity index is 1.85. The third-order valence-corrected chi connectivity index (χ3v) is 5.66. The van der Waals surface area contributed by atoms with Gasteiger partial charge in [-0.3, -0.25) is 0 Å². The van der Waals surface area contributed by atoms with Crippen molar-refractivity contribution in [2.24, 2.45) is 7.05 Å². The molecule has 0 radical (unpaired) electrons. The SMILES string of the molecule is Cc1sc2ncnc(NC(c3cccc(F)c3)c3nccn3C)c2c1C. The number of fused-ring (bicyclic) bond motifs is 1. The Morgan fingerprint density at radius 1 is 1.19 bits per heavy atom. The van der Waals surface area contributed by atoms with Crippen LogP contribution in [0.4, 0.5) is 10.2 Å². The van der Waals surface area contributed by atoms with E-state index < -0.39 is 0 Å². The maximum Gasteiger partial charge on any atom is 0.139 e. The molecule has 4 aromatic rings. The van der Waals surface area contributed by atoms with Gasteiger partial charge >= 0.3 is 0 Å².